The standard InChI is InChI=1S/C15H25IO2Si/c1-12-7-8-13(16)14(11-12)17-9-10-18-19(5,6)15(2,3)4/h7-8,11H,9-10H2,1-6H3. The molecule has 0 unspecified atom stereocenters. The molecule has 0 fully saturated rings. The minimum absolute atomic E-state index is 0.255. The van der Waals surface area contributed by atoms with Gasteiger partial charge in [-0.15, -0.1) is 0 Å². The lowest BCUT2D eigenvalue weighted by molar-refractivity contribution is 0.202. The summed E-state index contributed by atoms with van der Waals surface area (Å²) in [7, 11) is -1.65. The molecule has 1 aromatic carbocycles. The number of benzene rings is 1. The Morgan fingerprint density at radius 1 is 1.16 bits per heavy atom. The van der Waals surface area contributed by atoms with E-state index in [-0.39, 0.29) is 5.04 Å². The van der Waals surface area contributed by atoms with E-state index in [2.05, 4.69) is 81.6 Å². The molecule has 19 heavy (non-hydrogen) atoms. The summed E-state index contributed by atoms with van der Waals surface area (Å²) < 4.78 is 13.1. The normalized spacial score (nSPS) is 12.6. The number of halogens is 1. The summed E-state index contributed by atoms with van der Waals surface area (Å²) in [6.45, 7) is 14.7. The van der Waals surface area contributed by atoms with Crippen molar-refractivity contribution in [1.82, 2.24) is 0 Å². The van der Waals surface area contributed by atoms with Gasteiger partial charge in [0, 0.05) is 0 Å². The van der Waals surface area contributed by atoms with Gasteiger partial charge in [0.05, 0.1) is 10.2 Å². The molecule has 0 aliphatic rings. The number of aryl methyl sites for hydroxylation is 1. The van der Waals surface area contributed by atoms with Gasteiger partial charge in [-0.05, 0) is 65.3 Å². The van der Waals surface area contributed by atoms with Crippen LogP contribution in [0, 0.1) is 10.5 Å². The fourth-order valence-corrected chi connectivity index (χ4v) is 2.90. The van der Waals surface area contributed by atoms with Gasteiger partial charge in [-0.2, -0.15) is 0 Å². The van der Waals surface area contributed by atoms with Crippen LogP contribution in [0.1, 0.15) is 26.3 Å². The van der Waals surface area contributed by atoms with E-state index < -0.39 is 8.32 Å². The van der Waals surface area contributed by atoms with Gasteiger partial charge >= 0.3 is 0 Å². The second kappa shape index (κ2) is 6.59. The lowest BCUT2D eigenvalue weighted by Crippen LogP contribution is -2.41. The molecule has 0 aliphatic carbocycles. The van der Waals surface area contributed by atoms with E-state index in [9.17, 15) is 0 Å². The van der Waals surface area contributed by atoms with E-state index in [0.29, 0.717) is 13.2 Å². The Hall–Kier alpha value is -0.0731. The van der Waals surface area contributed by atoms with Crippen molar-refractivity contribution in [2.24, 2.45) is 0 Å². The topological polar surface area (TPSA) is 18.5 Å². The van der Waals surface area contributed by atoms with Crippen molar-refractivity contribution in [3.8, 4) is 5.75 Å². The third kappa shape index (κ3) is 5.08. The molecule has 0 aliphatic heterocycles. The van der Waals surface area contributed by atoms with Crippen molar-refractivity contribution in [3.63, 3.8) is 0 Å². The van der Waals surface area contributed by atoms with Crippen LogP contribution < -0.4 is 4.74 Å². The third-order valence-corrected chi connectivity index (χ3v) is 9.13. The van der Waals surface area contributed by atoms with Crippen LogP contribution in [0.4, 0.5) is 0 Å². The van der Waals surface area contributed by atoms with Crippen molar-refractivity contribution in [2.45, 2.75) is 45.8 Å². The predicted molar refractivity (Wildman–Crippen MR) is 92.5 cm³/mol. The zero-order valence-electron chi connectivity index (χ0n) is 12.8. The highest BCUT2D eigenvalue weighted by atomic mass is 127. The summed E-state index contributed by atoms with van der Waals surface area (Å²) in [6, 6.07) is 6.26. The van der Waals surface area contributed by atoms with Gasteiger partial charge in [-0.3, -0.25) is 0 Å². The highest BCUT2D eigenvalue weighted by Crippen LogP contribution is 2.36. The highest BCUT2D eigenvalue weighted by Gasteiger charge is 2.36. The molecular weight excluding hydrogens is 367 g/mol. The van der Waals surface area contributed by atoms with Gasteiger partial charge in [-0.25, -0.2) is 0 Å². The van der Waals surface area contributed by atoms with Crippen LogP contribution in [0.2, 0.25) is 18.1 Å². The van der Waals surface area contributed by atoms with Gasteiger partial charge < -0.3 is 9.16 Å². The zero-order chi connectivity index (χ0) is 14.7. The summed E-state index contributed by atoms with van der Waals surface area (Å²) >= 11 is 2.30. The predicted octanol–water partition coefficient (Wildman–Crippen LogP) is 5.00. The Kier molecular flexibility index (Phi) is 5.89. The Bertz CT molecular complexity index is 425. The maximum atomic E-state index is 6.10. The molecule has 0 aromatic heterocycles. The largest absolute Gasteiger partial charge is 0.490 e. The minimum atomic E-state index is -1.65. The van der Waals surface area contributed by atoms with Crippen LogP contribution in [0.5, 0.6) is 5.75 Å². The van der Waals surface area contributed by atoms with E-state index in [1.54, 1.807) is 0 Å². The van der Waals surface area contributed by atoms with E-state index in [1.807, 2.05) is 0 Å². The summed E-state index contributed by atoms with van der Waals surface area (Å²) in [5.74, 6) is 0.958. The zero-order valence-corrected chi connectivity index (χ0v) is 16.0. The fraction of sp³-hybridized carbons (Fsp3) is 0.600. The molecule has 2 nitrogen and oxygen atoms in total. The van der Waals surface area contributed by atoms with Crippen LogP contribution >= 0.6 is 22.6 Å². The SMILES string of the molecule is Cc1ccc(I)c(OCCO[Si](C)(C)C(C)(C)C)c1. The molecule has 1 aromatic rings. The number of rotatable bonds is 5. The molecule has 0 heterocycles. The van der Waals surface area contributed by atoms with Gasteiger partial charge in [0.1, 0.15) is 12.4 Å². The van der Waals surface area contributed by atoms with E-state index >= 15 is 0 Å². The van der Waals surface area contributed by atoms with E-state index in [0.717, 1.165) is 9.32 Å². The Labute approximate surface area is 132 Å². The first-order valence-electron chi connectivity index (χ1n) is 6.66. The van der Waals surface area contributed by atoms with Gasteiger partial charge in [0.25, 0.3) is 0 Å². The molecule has 0 saturated heterocycles. The molecule has 0 saturated carbocycles. The lowest BCUT2D eigenvalue weighted by atomic mass is 10.2. The molecule has 0 N–H and O–H groups in total. The average molecular weight is 392 g/mol. The van der Waals surface area contributed by atoms with E-state index in [1.165, 1.54) is 5.56 Å². The van der Waals surface area contributed by atoms with Crippen LogP contribution in [0.15, 0.2) is 18.2 Å². The smallest absolute Gasteiger partial charge is 0.192 e. The molecule has 0 amide bonds. The minimum Gasteiger partial charge on any atom is -0.490 e. The second-order valence-corrected chi connectivity index (χ2v) is 12.4. The van der Waals surface area contributed by atoms with E-state index in [4.69, 9.17) is 9.16 Å². The highest BCUT2D eigenvalue weighted by molar-refractivity contribution is 14.1. The van der Waals surface area contributed by atoms with Gasteiger partial charge in [0.15, 0.2) is 8.32 Å². The molecule has 0 bridgehead atoms. The maximum Gasteiger partial charge on any atom is 0.192 e. The molecule has 0 radical (unpaired) electrons. The van der Waals surface area contributed by atoms with Gasteiger partial charge in [0.2, 0.25) is 0 Å². The first-order valence-corrected chi connectivity index (χ1v) is 10.6. The molecule has 0 spiro atoms. The molecule has 1 rings (SSSR count). The van der Waals surface area contributed by atoms with Crippen molar-refractivity contribution in [3.05, 3.63) is 27.3 Å². The molecule has 4 heteroatoms. The third-order valence-electron chi connectivity index (χ3n) is 3.70. The number of hydrogen-bond acceptors (Lipinski definition) is 2. The van der Waals surface area contributed by atoms with Crippen molar-refractivity contribution in [1.29, 1.82) is 0 Å². The Morgan fingerprint density at radius 2 is 1.79 bits per heavy atom. The molecule has 108 valence electrons. The van der Waals surface area contributed by atoms with Crippen LogP contribution in [-0.2, 0) is 4.43 Å². The number of hydrogen-bond donors (Lipinski definition) is 0. The summed E-state index contributed by atoms with van der Waals surface area (Å²) in [5, 5.41) is 0.255. The molecule has 0 atom stereocenters. The second-order valence-electron chi connectivity index (χ2n) is 6.39. The van der Waals surface area contributed by atoms with Crippen LogP contribution in [-0.4, -0.2) is 21.5 Å². The van der Waals surface area contributed by atoms with Crippen molar-refractivity contribution < 1.29 is 9.16 Å². The Balaban J connectivity index is 2.45. The lowest BCUT2D eigenvalue weighted by Gasteiger charge is -2.36. The van der Waals surface area contributed by atoms with Gasteiger partial charge in [-0.1, -0.05) is 26.8 Å². The van der Waals surface area contributed by atoms with Crippen molar-refractivity contribution in [2.75, 3.05) is 13.2 Å². The fourth-order valence-electron chi connectivity index (χ4n) is 1.39. The maximum absolute atomic E-state index is 6.10. The molecular formula is C15H25IO2Si. The van der Waals surface area contributed by atoms with Crippen molar-refractivity contribution >= 4 is 30.9 Å². The monoisotopic (exact) mass is 392 g/mol. The summed E-state index contributed by atoms with van der Waals surface area (Å²) in [6.07, 6.45) is 0. The summed E-state index contributed by atoms with van der Waals surface area (Å²) in [4.78, 5) is 0. The summed E-state index contributed by atoms with van der Waals surface area (Å²) in [5.41, 5.74) is 1.22. The first kappa shape index (κ1) is 17.0. The quantitative estimate of drug-likeness (QED) is 0.399. The number of ether oxygens (including phenoxy) is 1. The van der Waals surface area contributed by atoms with Crippen LogP contribution in [0.25, 0.3) is 0 Å². The first-order chi connectivity index (χ1) is 8.63. The average Bonchev–Trinajstić information content (AvgIpc) is 2.27. The Morgan fingerprint density at radius 3 is 2.37 bits per heavy atom. The van der Waals surface area contributed by atoms with Crippen LogP contribution in [0.3, 0.4) is 0 Å².